The van der Waals surface area contributed by atoms with Gasteiger partial charge in [-0.25, -0.2) is 9.18 Å². The SMILES string of the molecule is CC(C)(C)OC(=O)NCCNc1cc([N+](=O)[O-])ccc1F. The van der Waals surface area contributed by atoms with E-state index in [-0.39, 0.29) is 24.5 Å². The Bertz CT molecular complexity index is 529. The monoisotopic (exact) mass is 299 g/mol. The summed E-state index contributed by atoms with van der Waals surface area (Å²) in [6.07, 6.45) is -0.580. The number of nitrogens with zero attached hydrogens (tertiary/aromatic N) is 1. The van der Waals surface area contributed by atoms with Crippen molar-refractivity contribution in [3.8, 4) is 0 Å². The predicted octanol–water partition coefficient (Wildman–Crippen LogP) is 2.67. The molecule has 1 rings (SSSR count). The van der Waals surface area contributed by atoms with Crippen molar-refractivity contribution < 1.29 is 18.8 Å². The van der Waals surface area contributed by atoms with Crippen LogP contribution >= 0.6 is 0 Å². The molecule has 7 nitrogen and oxygen atoms in total. The van der Waals surface area contributed by atoms with Crippen LogP contribution in [0.3, 0.4) is 0 Å². The smallest absolute Gasteiger partial charge is 0.407 e. The Morgan fingerprint density at radius 3 is 2.62 bits per heavy atom. The molecule has 0 spiro atoms. The Labute approximate surface area is 121 Å². The van der Waals surface area contributed by atoms with E-state index in [9.17, 15) is 19.3 Å². The summed E-state index contributed by atoms with van der Waals surface area (Å²) in [7, 11) is 0. The van der Waals surface area contributed by atoms with E-state index in [1.165, 1.54) is 0 Å². The Morgan fingerprint density at radius 2 is 2.05 bits per heavy atom. The van der Waals surface area contributed by atoms with Crippen LogP contribution in [0.5, 0.6) is 0 Å². The van der Waals surface area contributed by atoms with Gasteiger partial charge in [-0.15, -0.1) is 0 Å². The van der Waals surface area contributed by atoms with E-state index >= 15 is 0 Å². The van der Waals surface area contributed by atoms with E-state index in [4.69, 9.17) is 4.74 Å². The van der Waals surface area contributed by atoms with E-state index in [1.54, 1.807) is 20.8 Å². The molecule has 0 unspecified atom stereocenters. The highest BCUT2D eigenvalue weighted by atomic mass is 19.1. The number of nitro benzene ring substituents is 1. The molecule has 1 amide bonds. The maximum absolute atomic E-state index is 13.4. The highest BCUT2D eigenvalue weighted by Crippen LogP contribution is 2.20. The Hall–Kier alpha value is -2.38. The van der Waals surface area contributed by atoms with E-state index in [1.807, 2.05) is 0 Å². The van der Waals surface area contributed by atoms with Crippen molar-refractivity contribution >= 4 is 17.5 Å². The first-order valence-corrected chi connectivity index (χ1v) is 6.34. The van der Waals surface area contributed by atoms with Crippen LogP contribution in [0, 0.1) is 15.9 Å². The lowest BCUT2D eigenvalue weighted by atomic mass is 10.2. The third-order valence-corrected chi connectivity index (χ3v) is 2.27. The van der Waals surface area contributed by atoms with Crippen LogP contribution in [0.1, 0.15) is 20.8 Å². The maximum Gasteiger partial charge on any atom is 0.407 e. The topological polar surface area (TPSA) is 93.5 Å². The Balaban J connectivity index is 2.44. The summed E-state index contributed by atoms with van der Waals surface area (Å²) in [5.74, 6) is -0.599. The average molecular weight is 299 g/mol. The number of carbonyl (C=O) groups is 1. The third kappa shape index (κ3) is 6.07. The van der Waals surface area contributed by atoms with Gasteiger partial charge in [-0.1, -0.05) is 0 Å². The van der Waals surface area contributed by atoms with Gasteiger partial charge in [0.1, 0.15) is 11.4 Å². The van der Waals surface area contributed by atoms with Gasteiger partial charge in [-0.05, 0) is 26.8 Å². The second-order valence-electron chi connectivity index (χ2n) is 5.28. The first-order valence-electron chi connectivity index (χ1n) is 6.34. The fourth-order valence-corrected chi connectivity index (χ4v) is 1.44. The lowest BCUT2D eigenvalue weighted by Crippen LogP contribution is -2.35. The number of nitro groups is 1. The van der Waals surface area contributed by atoms with Crippen LogP contribution in [0.15, 0.2) is 18.2 Å². The second-order valence-corrected chi connectivity index (χ2v) is 5.28. The first-order chi connectivity index (χ1) is 9.69. The lowest BCUT2D eigenvalue weighted by Gasteiger charge is -2.19. The van der Waals surface area contributed by atoms with Crippen LogP contribution in [-0.2, 0) is 4.74 Å². The first kappa shape index (κ1) is 16.7. The highest BCUT2D eigenvalue weighted by Gasteiger charge is 2.15. The number of anilines is 1. The van der Waals surface area contributed by atoms with Crippen molar-refractivity contribution in [1.82, 2.24) is 5.32 Å². The maximum atomic E-state index is 13.4. The zero-order valence-corrected chi connectivity index (χ0v) is 12.1. The van der Waals surface area contributed by atoms with Gasteiger partial charge in [0.2, 0.25) is 0 Å². The number of ether oxygens (including phenoxy) is 1. The molecule has 2 N–H and O–H groups in total. The van der Waals surface area contributed by atoms with Gasteiger partial charge < -0.3 is 15.4 Å². The molecule has 0 aliphatic heterocycles. The number of halogens is 1. The minimum absolute atomic E-state index is 0.00943. The molecule has 0 aromatic heterocycles. The summed E-state index contributed by atoms with van der Waals surface area (Å²) in [6.45, 7) is 5.62. The summed E-state index contributed by atoms with van der Waals surface area (Å²) in [4.78, 5) is 21.3. The molecular weight excluding hydrogens is 281 g/mol. The molecule has 0 aliphatic carbocycles. The molecule has 0 aliphatic rings. The van der Waals surface area contributed by atoms with Gasteiger partial charge in [-0.3, -0.25) is 10.1 Å². The summed E-state index contributed by atoms with van der Waals surface area (Å²) >= 11 is 0. The fourth-order valence-electron chi connectivity index (χ4n) is 1.44. The van der Waals surface area contributed by atoms with Crippen molar-refractivity contribution in [2.45, 2.75) is 26.4 Å². The minimum Gasteiger partial charge on any atom is -0.444 e. The number of rotatable bonds is 5. The largest absolute Gasteiger partial charge is 0.444 e. The summed E-state index contributed by atoms with van der Waals surface area (Å²) in [6, 6.07) is 3.20. The molecule has 8 heteroatoms. The number of benzene rings is 1. The number of non-ortho nitro benzene ring substituents is 1. The lowest BCUT2D eigenvalue weighted by molar-refractivity contribution is -0.384. The van der Waals surface area contributed by atoms with Crippen LogP contribution in [0.25, 0.3) is 0 Å². The predicted molar refractivity (Wildman–Crippen MR) is 75.8 cm³/mol. The molecule has 0 saturated carbocycles. The zero-order valence-electron chi connectivity index (χ0n) is 12.1. The highest BCUT2D eigenvalue weighted by molar-refractivity contribution is 5.67. The number of carbonyl (C=O) groups excluding carboxylic acids is 1. The van der Waals surface area contributed by atoms with Crippen molar-refractivity contribution in [3.63, 3.8) is 0 Å². The molecule has 0 atom stereocenters. The van der Waals surface area contributed by atoms with Crippen molar-refractivity contribution in [2.75, 3.05) is 18.4 Å². The summed E-state index contributed by atoms with van der Waals surface area (Å²) < 4.78 is 18.5. The van der Waals surface area contributed by atoms with Gasteiger partial charge in [-0.2, -0.15) is 0 Å². The van der Waals surface area contributed by atoms with Gasteiger partial charge in [0.15, 0.2) is 0 Å². The van der Waals surface area contributed by atoms with E-state index in [2.05, 4.69) is 10.6 Å². The van der Waals surface area contributed by atoms with Crippen molar-refractivity contribution in [3.05, 3.63) is 34.1 Å². The Morgan fingerprint density at radius 1 is 1.38 bits per heavy atom. The molecule has 0 bridgehead atoms. The standard InChI is InChI=1S/C13H18FN3O4/c1-13(2,3)21-12(18)16-7-6-15-11-8-9(17(19)20)4-5-10(11)14/h4-5,8,15H,6-7H2,1-3H3,(H,16,18). The van der Waals surface area contributed by atoms with Crippen molar-refractivity contribution in [2.24, 2.45) is 0 Å². The third-order valence-electron chi connectivity index (χ3n) is 2.27. The number of alkyl carbamates (subject to hydrolysis) is 1. The summed E-state index contributed by atoms with van der Waals surface area (Å²) in [5.41, 5.74) is -0.793. The molecular formula is C13H18FN3O4. The molecule has 0 fully saturated rings. The minimum atomic E-state index is -0.608. The van der Waals surface area contributed by atoms with Crippen molar-refractivity contribution in [1.29, 1.82) is 0 Å². The molecule has 0 radical (unpaired) electrons. The van der Waals surface area contributed by atoms with Crippen LogP contribution < -0.4 is 10.6 Å². The Kier molecular flexibility index (Phi) is 5.45. The molecule has 0 heterocycles. The number of nitrogens with one attached hydrogen (secondary N) is 2. The van der Waals surface area contributed by atoms with E-state index < -0.39 is 22.4 Å². The number of hydrogen-bond donors (Lipinski definition) is 2. The van der Waals surface area contributed by atoms with Crippen LogP contribution in [0.4, 0.5) is 20.6 Å². The van der Waals surface area contributed by atoms with Crippen LogP contribution in [-0.4, -0.2) is 29.7 Å². The van der Waals surface area contributed by atoms with E-state index in [0.717, 1.165) is 18.2 Å². The van der Waals surface area contributed by atoms with E-state index in [0.29, 0.717) is 0 Å². The van der Waals surface area contributed by atoms with Crippen LogP contribution in [0.2, 0.25) is 0 Å². The molecule has 1 aromatic rings. The molecule has 0 saturated heterocycles. The van der Waals surface area contributed by atoms with Gasteiger partial charge in [0.25, 0.3) is 5.69 Å². The molecule has 116 valence electrons. The average Bonchev–Trinajstić information content (AvgIpc) is 2.34. The second kappa shape index (κ2) is 6.87. The van der Waals surface area contributed by atoms with Gasteiger partial charge >= 0.3 is 6.09 Å². The summed E-state index contributed by atoms with van der Waals surface area (Å²) in [5, 5.41) is 15.8. The normalized spacial score (nSPS) is 10.9. The van der Waals surface area contributed by atoms with Gasteiger partial charge in [0.05, 0.1) is 10.6 Å². The number of hydrogen-bond acceptors (Lipinski definition) is 5. The molecule has 21 heavy (non-hydrogen) atoms. The quantitative estimate of drug-likeness (QED) is 0.495. The number of amides is 1. The van der Waals surface area contributed by atoms with Gasteiger partial charge in [0, 0.05) is 25.2 Å². The zero-order chi connectivity index (χ0) is 16.0. The fraction of sp³-hybridized carbons (Fsp3) is 0.462. The molecule has 1 aromatic carbocycles.